The van der Waals surface area contributed by atoms with Crippen molar-refractivity contribution in [3.63, 3.8) is 0 Å². The highest BCUT2D eigenvalue weighted by atomic mass is 19.2. The van der Waals surface area contributed by atoms with Crippen molar-refractivity contribution in [3.05, 3.63) is 23.8 Å². The molecule has 1 aromatic carbocycles. The lowest BCUT2D eigenvalue weighted by Crippen LogP contribution is -2.37. The number of ether oxygens (including phenoxy) is 1. The fraction of sp³-hybridized carbons (Fsp3) is 0.429. The molecule has 126 valence electrons. The van der Waals surface area contributed by atoms with E-state index in [1.807, 2.05) is 0 Å². The summed E-state index contributed by atoms with van der Waals surface area (Å²) in [6.45, 7) is 1.80. The number of urea groups is 1. The number of halogens is 2. The second-order valence-electron chi connectivity index (χ2n) is 4.91. The zero-order chi connectivity index (χ0) is 16.8. The van der Waals surface area contributed by atoms with E-state index in [0.717, 1.165) is 12.1 Å². The number of amides is 2. The standard InChI is InChI=1S/C14H17F2N3O4/c15-9-7-11(18-14(22)17-2-1-13(20)21)12(8-10(9)16)19-3-5-23-6-4-19/h7-8H,1-6H2,(H,20,21)(H2,17,18,22). The summed E-state index contributed by atoms with van der Waals surface area (Å²) in [5.41, 5.74) is 0.458. The summed E-state index contributed by atoms with van der Waals surface area (Å²) < 4.78 is 32.2. The Bertz CT molecular complexity index is 592. The molecule has 7 nitrogen and oxygen atoms in total. The maximum atomic E-state index is 13.5. The van der Waals surface area contributed by atoms with E-state index in [4.69, 9.17) is 9.84 Å². The summed E-state index contributed by atoms with van der Waals surface area (Å²) in [7, 11) is 0. The van der Waals surface area contributed by atoms with Crippen LogP contribution in [0.3, 0.4) is 0 Å². The van der Waals surface area contributed by atoms with Crippen molar-refractivity contribution >= 4 is 23.4 Å². The van der Waals surface area contributed by atoms with Gasteiger partial charge in [0.25, 0.3) is 0 Å². The number of carbonyl (C=O) groups is 2. The molecule has 0 saturated carbocycles. The van der Waals surface area contributed by atoms with Gasteiger partial charge >= 0.3 is 12.0 Å². The van der Waals surface area contributed by atoms with Crippen LogP contribution in [0.5, 0.6) is 0 Å². The van der Waals surface area contributed by atoms with Crippen LogP contribution in [-0.2, 0) is 9.53 Å². The molecule has 9 heteroatoms. The number of carbonyl (C=O) groups excluding carboxylic acids is 1. The second-order valence-corrected chi connectivity index (χ2v) is 4.91. The third-order valence-corrected chi connectivity index (χ3v) is 3.26. The Hall–Kier alpha value is -2.42. The number of hydrogen-bond donors (Lipinski definition) is 3. The molecule has 3 N–H and O–H groups in total. The molecular weight excluding hydrogens is 312 g/mol. The minimum absolute atomic E-state index is 0.0717. The molecule has 0 atom stereocenters. The van der Waals surface area contributed by atoms with E-state index < -0.39 is 23.6 Å². The van der Waals surface area contributed by atoms with Gasteiger partial charge in [0.1, 0.15) is 0 Å². The molecule has 1 heterocycles. The van der Waals surface area contributed by atoms with Crippen LogP contribution in [0.25, 0.3) is 0 Å². The van der Waals surface area contributed by atoms with E-state index >= 15 is 0 Å². The molecule has 1 fully saturated rings. The summed E-state index contributed by atoms with van der Waals surface area (Å²) in [5, 5.41) is 13.3. The van der Waals surface area contributed by atoms with Crippen LogP contribution in [0.2, 0.25) is 0 Å². The lowest BCUT2D eigenvalue weighted by Gasteiger charge is -2.30. The maximum absolute atomic E-state index is 13.5. The van der Waals surface area contributed by atoms with Crippen molar-refractivity contribution in [2.24, 2.45) is 0 Å². The molecule has 1 aromatic rings. The Morgan fingerprint density at radius 2 is 1.87 bits per heavy atom. The molecule has 1 aliphatic rings. The molecule has 0 unspecified atom stereocenters. The number of hydrogen-bond acceptors (Lipinski definition) is 4. The predicted molar refractivity (Wildman–Crippen MR) is 78.7 cm³/mol. The molecule has 23 heavy (non-hydrogen) atoms. The topological polar surface area (TPSA) is 90.9 Å². The minimum Gasteiger partial charge on any atom is -0.481 e. The highest BCUT2D eigenvalue weighted by Gasteiger charge is 2.19. The normalized spacial score (nSPS) is 14.4. The molecule has 2 rings (SSSR count). The number of anilines is 2. The zero-order valence-electron chi connectivity index (χ0n) is 12.3. The van der Waals surface area contributed by atoms with Gasteiger partial charge in [-0.2, -0.15) is 0 Å². The van der Waals surface area contributed by atoms with Gasteiger partial charge in [0.05, 0.1) is 31.0 Å². The monoisotopic (exact) mass is 329 g/mol. The fourth-order valence-electron chi connectivity index (χ4n) is 2.15. The number of carboxylic acids is 1. The van der Waals surface area contributed by atoms with Gasteiger partial charge in [0.15, 0.2) is 11.6 Å². The molecule has 0 spiro atoms. The average Bonchev–Trinajstić information content (AvgIpc) is 2.51. The number of nitrogens with zero attached hydrogens (tertiary/aromatic N) is 1. The van der Waals surface area contributed by atoms with Crippen molar-refractivity contribution in [1.29, 1.82) is 0 Å². The van der Waals surface area contributed by atoms with Gasteiger partial charge < -0.3 is 25.4 Å². The van der Waals surface area contributed by atoms with Crippen molar-refractivity contribution in [2.75, 3.05) is 43.1 Å². The summed E-state index contributed by atoms with van der Waals surface area (Å²) in [6.07, 6.45) is -0.235. The lowest BCUT2D eigenvalue weighted by molar-refractivity contribution is -0.136. The Labute approximate surface area is 131 Å². The predicted octanol–water partition coefficient (Wildman–Crippen LogP) is 1.40. The quantitative estimate of drug-likeness (QED) is 0.759. The van der Waals surface area contributed by atoms with Gasteiger partial charge in [-0.15, -0.1) is 0 Å². The Balaban J connectivity index is 2.11. The first-order chi connectivity index (χ1) is 11.0. The molecule has 1 saturated heterocycles. The van der Waals surface area contributed by atoms with Crippen LogP contribution >= 0.6 is 0 Å². The number of aliphatic carboxylic acids is 1. The summed E-state index contributed by atoms with van der Waals surface area (Å²) in [4.78, 5) is 23.9. The van der Waals surface area contributed by atoms with Crippen LogP contribution in [0.4, 0.5) is 25.0 Å². The highest BCUT2D eigenvalue weighted by Crippen LogP contribution is 2.29. The largest absolute Gasteiger partial charge is 0.481 e. The van der Waals surface area contributed by atoms with E-state index in [9.17, 15) is 18.4 Å². The molecular formula is C14H17F2N3O4. The third kappa shape index (κ3) is 4.78. The third-order valence-electron chi connectivity index (χ3n) is 3.26. The van der Waals surface area contributed by atoms with E-state index in [2.05, 4.69) is 10.6 Å². The van der Waals surface area contributed by atoms with Crippen LogP contribution in [-0.4, -0.2) is 50.0 Å². The zero-order valence-corrected chi connectivity index (χ0v) is 12.3. The Morgan fingerprint density at radius 1 is 1.22 bits per heavy atom. The number of benzene rings is 1. The molecule has 0 aromatic heterocycles. The molecule has 0 bridgehead atoms. The highest BCUT2D eigenvalue weighted by molar-refractivity contribution is 5.93. The van der Waals surface area contributed by atoms with Crippen LogP contribution < -0.4 is 15.5 Å². The fourth-order valence-corrected chi connectivity index (χ4v) is 2.15. The molecule has 2 amide bonds. The number of nitrogens with one attached hydrogen (secondary N) is 2. The smallest absolute Gasteiger partial charge is 0.319 e. The molecule has 0 radical (unpaired) electrons. The Kier molecular flexibility index (Phi) is 5.69. The maximum Gasteiger partial charge on any atom is 0.319 e. The average molecular weight is 329 g/mol. The summed E-state index contributed by atoms with van der Waals surface area (Å²) in [5.74, 6) is -3.14. The van der Waals surface area contributed by atoms with E-state index in [1.54, 1.807) is 4.90 Å². The van der Waals surface area contributed by atoms with Gasteiger partial charge in [-0.25, -0.2) is 13.6 Å². The molecule has 0 aliphatic carbocycles. The van der Waals surface area contributed by atoms with E-state index in [-0.39, 0.29) is 18.7 Å². The van der Waals surface area contributed by atoms with Gasteiger partial charge in [-0.05, 0) is 0 Å². The minimum atomic E-state index is -1.08. The van der Waals surface area contributed by atoms with E-state index in [0.29, 0.717) is 32.0 Å². The van der Waals surface area contributed by atoms with Crippen molar-refractivity contribution in [3.8, 4) is 0 Å². The van der Waals surface area contributed by atoms with Crippen molar-refractivity contribution in [2.45, 2.75) is 6.42 Å². The van der Waals surface area contributed by atoms with Gasteiger partial charge in [0.2, 0.25) is 0 Å². The lowest BCUT2D eigenvalue weighted by atomic mass is 10.2. The van der Waals surface area contributed by atoms with Crippen LogP contribution in [0, 0.1) is 11.6 Å². The summed E-state index contributed by atoms with van der Waals surface area (Å²) >= 11 is 0. The second kappa shape index (κ2) is 7.73. The number of carboxylic acid groups (broad SMARTS) is 1. The van der Waals surface area contributed by atoms with Crippen molar-refractivity contribution < 1.29 is 28.2 Å². The van der Waals surface area contributed by atoms with Gasteiger partial charge in [-0.3, -0.25) is 4.79 Å². The van der Waals surface area contributed by atoms with Crippen LogP contribution in [0.15, 0.2) is 12.1 Å². The number of morpholine rings is 1. The van der Waals surface area contributed by atoms with Crippen LogP contribution in [0.1, 0.15) is 6.42 Å². The first kappa shape index (κ1) is 16.9. The first-order valence-corrected chi connectivity index (χ1v) is 7.06. The van der Waals surface area contributed by atoms with E-state index in [1.165, 1.54) is 0 Å². The van der Waals surface area contributed by atoms with Crippen molar-refractivity contribution in [1.82, 2.24) is 5.32 Å². The summed E-state index contributed by atoms with van der Waals surface area (Å²) in [6, 6.07) is 1.23. The first-order valence-electron chi connectivity index (χ1n) is 7.06. The van der Waals surface area contributed by atoms with Gasteiger partial charge in [0, 0.05) is 31.8 Å². The molecule has 1 aliphatic heterocycles. The Morgan fingerprint density at radius 3 is 2.52 bits per heavy atom. The SMILES string of the molecule is O=C(O)CCNC(=O)Nc1cc(F)c(F)cc1N1CCOCC1. The van der Waals surface area contributed by atoms with Gasteiger partial charge in [-0.1, -0.05) is 0 Å². The number of rotatable bonds is 5.